The van der Waals surface area contributed by atoms with Crippen molar-refractivity contribution in [2.24, 2.45) is 5.92 Å². The summed E-state index contributed by atoms with van der Waals surface area (Å²) in [6, 6.07) is 6.97. The maximum Gasteiger partial charge on any atom is 0.167 e. The Kier molecular flexibility index (Phi) is 5.64. The van der Waals surface area contributed by atoms with Gasteiger partial charge in [-0.3, -0.25) is 4.79 Å². The maximum absolute atomic E-state index is 12.2. The number of benzene rings is 1. The van der Waals surface area contributed by atoms with E-state index in [1.807, 2.05) is 0 Å². The van der Waals surface area contributed by atoms with Gasteiger partial charge in [0.2, 0.25) is 0 Å². The van der Waals surface area contributed by atoms with Crippen molar-refractivity contribution in [1.29, 1.82) is 0 Å². The van der Waals surface area contributed by atoms with Gasteiger partial charge in [0.25, 0.3) is 0 Å². The highest BCUT2D eigenvalue weighted by Gasteiger charge is 2.20. The third-order valence-corrected chi connectivity index (χ3v) is 2.92. The minimum atomic E-state index is -0.211. The molecule has 1 rings (SSSR count). The first-order valence-corrected chi connectivity index (χ1v) is 5.91. The number of carbonyl (C=O) groups excluding carboxylic acids is 2. The first kappa shape index (κ1) is 13.7. The molecule has 1 unspecified atom stereocenters. The van der Waals surface area contributed by atoms with E-state index in [9.17, 15) is 9.59 Å². The molecule has 0 aliphatic rings. The summed E-state index contributed by atoms with van der Waals surface area (Å²) in [6.45, 7) is 3.63. The van der Waals surface area contributed by atoms with Crippen LogP contribution < -0.4 is 0 Å². The number of hydrogen-bond donors (Lipinski definition) is 0. The van der Waals surface area contributed by atoms with Gasteiger partial charge in [-0.05, 0) is 25.0 Å². The molecule has 0 fully saturated rings. The lowest BCUT2D eigenvalue weighted by Crippen LogP contribution is -2.15. The molecule has 0 heterocycles. The van der Waals surface area contributed by atoms with E-state index in [4.69, 9.17) is 11.6 Å². The van der Waals surface area contributed by atoms with Crippen molar-refractivity contribution in [3.8, 4) is 0 Å². The summed E-state index contributed by atoms with van der Waals surface area (Å²) in [5, 5.41) is 0.456. The molecule has 3 heteroatoms. The fraction of sp³-hybridized carbons (Fsp3) is 0.286. The molecule has 0 saturated heterocycles. The Morgan fingerprint density at radius 2 is 2.12 bits per heavy atom. The van der Waals surface area contributed by atoms with Crippen molar-refractivity contribution in [3.05, 3.63) is 47.5 Å². The number of Topliss-reactive ketones (excluding diaryl/α,β-unsaturated/α-hetero) is 1. The number of halogens is 1. The van der Waals surface area contributed by atoms with Gasteiger partial charge in [0.05, 0.1) is 5.02 Å². The second kappa shape index (κ2) is 7.02. The summed E-state index contributed by atoms with van der Waals surface area (Å²) in [6.07, 6.45) is 4.02. The van der Waals surface area contributed by atoms with Crippen LogP contribution in [0.4, 0.5) is 0 Å². The van der Waals surface area contributed by atoms with E-state index in [2.05, 4.69) is 6.58 Å². The Morgan fingerprint density at radius 3 is 2.71 bits per heavy atom. The van der Waals surface area contributed by atoms with Crippen molar-refractivity contribution < 1.29 is 9.59 Å². The van der Waals surface area contributed by atoms with E-state index in [0.29, 0.717) is 29.8 Å². The van der Waals surface area contributed by atoms with E-state index in [0.717, 1.165) is 6.29 Å². The fourth-order valence-electron chi connectivity index (χ4n) is 1.71. The van der Waals surface area contributed by atoms with Gasteiger partial charge in [-0.15, -0.1) is 6.58 Å². The van der Waals surface area contributed by atoms with Gasteiger partial charge < -0.3 is 4.79 Å². The van der Waals surface area contributed by atoms with Crippen LogP contribution >= 0.6 is 11.6 Å². The molecule has 90 valence electrons. The highest BCUT2D eigenvalue weighted by molar-refractivity contribution is 6.34. The zero-order valence-electron chi connectivity index (χ0n) is 9.56. The summed E-state index contributed by atoms with van der Waals surface area (Å²) < 4.78 is 0. The van der Waals surface area contributed by atoms with Crippen LogP contribution in [0.3, 0.4) is 0 Å². The van der Waals surface area contributed by atoms with Crippen LogP contribution in [-0.4, -0.2) is 12.1 Å². The summed E-state index contributed by atoms with van der Waals surface area (Å²) >= 11 is 5.98. The lowest BCUT2D eigenvalue weighted by molar-refractivity contribution is -0.108. The minimum Gasteiger partial charge on any atom is -0.303 e. The quantitative estimate of drug-likeness (QED) is 0.420. The molecule has 1 aromatic carbocycles. The molecule has 0 saturated carbocycles. The standard InChI is InChI=1S/C14H15ClO2/c1-2-6-11(7-5-10-16)14(17)12-8-3-4-9-13(12)15/h2-4,8-11H,1,5-7H2. The summed E-state index contributed by atoms with van der Waals surface area (Å²) in [4.78, 5) is 22.6. The molecule has 1 aromatic rings. The van der Waals surface area contributed by atoms with Crippen molar-refractivity contribution in [1.82, 2.24) is 0 Å². The summed E-state index contributed by atoms with van der Waals surface area (Å²) in [5.74, 6) is -0.227. The van der Waals surface area contributed by atoms with E-state index < -0.39 is 0 Å². The highest BCUT2D eigenvalue weighted by atomic mass is 35.5. The number of carbonyl (C=O) groups is 2. The van der Waals surface area contributed by atoms with Gasteiger partial charge in [-0.25, -0.2) is 0 Å². The van der Waals surface area contributed by atoms with Gasteiger partial charge >= 0.3 is 0 Å². The number of allylic oxidation sites excluding steroid dienone is 1. The molecule has 0 amide bonds. The Bertz CT molecular complexity index is 412. The van der Waals surface area contributed by atoms with E-state index in [1.165, 1.54) is 0 Å². The van der Waals surface area contributed by atoms with Crippen LogP contribution in [0.15, 0.2) is 36.9 Å². The predicted octanol–water partition coefficient (Wildman–Crippen LogP) is 3.69. The number of aldehydes is 1. The van der Waals surface area contributed by atoms with Gasteiger partial charge in [0, 0.05) is 17.9 Å². The molecular formula is C14H15ClO2. The zero-order chi connectivity index (χ0) is 12.7. The van der Waals surface area contributed by atoms with Gasteiger partial charge in [-0.2, -0.15) is 0 Å². The average Bonchev–Trinajstić information content (AvgIpc) is 2.34. The normalized spacial score (nSPS) is 11.8. The molecule has 17 heavy (non-hydrogen) atoms. The first-order chi connectivity index (χ1) is 8.20. The zero-order valence-corrected chi connectivity index (χ0v) is 10.3. The molecule has 1 atom stereocenters. The fourth-order valence-corrected chi connectivity index (χ4v) is 1.94. The largest absolute Gasteiger partial charge is 0.303 e. The van der Waals surface area contributed by atoms with Gasteiger partial charge in [0.1, 0.15) is 6.29 Å². The molecule has 0 spiro atoms. The van der Waals surface area contributed by atoms with Crippen LogP contribution in [0.2, 0.25) is 5.02 Å². The monoisotopic (exact) mass is 250 g/mol. The Labute approximate surface area is 106 Å². The molecule has 0 aliphatic heterocycles. The molecule has 0 N–H and O–H groups in total. The average molecular weight is 251 g/mol. The Balaban J connectivity index is 2.87. The first-order valence-electron chi connectivity index (χ1n) is 5.54. The van der Waals surface area contributed by atoms with Crippen molar-refractivity contribution >= 4 is 23.7 Å². The van der Waals surface area contributed by atoms with Crippen molar-refractivity contribution in [2.45, 2.75) is 19.3 Å². The lowest BCUT2D eigenvalue weighted by Gasteiger charge is -2.13. The van der Waals surface area contributed by atoms with Crippen LogP contribution in [0, 0.1) is 5.92 Å². The molecular weight excluding hydrogens is 236 g/mol. The third-order valence-electron chi connectivity index (χ3n) is 2.59. The number of ketones is 1. The molecule has 0 bridgehead atoms. The van der Waals surface area contributed by atoms with Crippen molar-refractivity contribution in [2.75, 3.05) is 0 Å². The Hall–Kier alpha value is -1.41. The summed E-state index contributed by atoms with van der Waals surface area (Å²) in [7, 11) is 0. The second-order valence-corrected chi connectivity index (χ2v) is 4.22. The topological polar surface area (TPSA) is 34.1 Å². The van der Waals surface area contributed by atoms with E-state index in [1.54, 1.807) is 30.3 Å². The van der Waals surface area contributed by atoms with Crippen LogP contribution in [0.1, 0.15) is 29.6 Å². The maximum atomic E-state index is 12.2. The minimum absolute atomic E-state index is 0.0163. The van der Waals surface area contributed by atoms with Crippen LogP contribution in [0.5, 0.6) is 0 Å². The number of hydrogen-bond acceptors (Lipinski definition) is 2. The van der Waals surface area contributed by atoms with Crippen LogP contribution in [-0.2, 0) is 4.79 Å². The molecule has 2 nitrogen and oxygen atoms in total. The van der Waals surface area contributed by atoms with Gasteiger partial charge in [0.15, 0.2) is 5.78 Å². The third kappa shape index (κ3) is 3.82. The highest BCUT2D eigenvalue weighted by Crippen LogP contribution is 2.23. The predicted molar refractivity (Wildman–Crippen MR) is 69.4 cm³/mol. The number of rotatable bonds is 7. The van der Waals surface area contributed by atoms with E-state index in [-0.39, 0.29) is 11.7 Å². The van der Waals surface area contributed by atoms with Crippen molar-refractivity contribution in [3.63, 3.8) is 0 Å². The SMILES string of the molecule is C=CCC(CCC=O)C(=O)c1ccccc1Cl. The lowest BCUT2D eigenvalue weighted by atomic mass is 9.90. The molecule has 0 radical (unpaired) electrons. The molecule has 0 aliphatic carbocycles. The molecule has 0 aromatic heterocycles. The van der Waals surface area contributed by atoms with E-state index >= 15 is 0 Å². The Morgan fingerprint density at radius 1 is 1.41 bits per heavy atom. The summed E-state index contributed by atoms with van der Waals surface area (Å²) in [5.41, 5.74) is 0.520. The van der Waals surface area contributed by atoms with Crippen LogP contribution in [0.25, 0.3) is 0 Å². The van der Waals surface area contributed by atoms with Gasteiger partial charge in [-0.1, -0.05) is 29.8 Å². The second-order valence-electron chi connectivity index (χ2n) is 3.81. The smallest absolute Gasteiger partial charge is 0.167 e.